The van der Waals surface area contributed by atoms with Crippen LogP contribution in [0, 0.1) is 6.92 Å². The van der Waals surface area contributed by atoms with E-state index in [-0.39, 0.29) is 18.2 Å². The monoisotopic (exact) mass is 523 g/mol. The zero-order chi connectivity index (χ0) is 26.3. The molecule has 0 aromatic heterocycles. The molecule has 0 N–H and O–H groups in total. The van der Waals surface area contributed by atoms with E-state index in [1.165, 1.54) is 74.7 Å². The van der Waals surface area contributed by atoms with Gasteiger partial charge in [0.05, 0.1) is 0 Å². The summed E-state index contributed by atoms with van der Waals surface area (Å²) in [6.45, 7) is 6.96. The second-order valence-corrected chi connectivity index (χ2v) is 12.3. The number of unbranched alkanes of at least 4 members (excludes halogenated alkanes) is 9. The van der Waals surface area contributed by atoms with Crippen molar-refractivity contribution in [3.8, 4) is 0 Å². The fourth-order valence-corrected chi connectivity index (χ4v) is 6.89. The maximum absolute atomic E-state index is 13.3. The van der Waals surface area contributed by atoms with Crippen LogP contribution in [-0.2, 0) is 11.3 Å². The standard InChI is InChI=1S/C33H49NO2S/c1-4-5-6-7-8-9-10-11-12-16-19-30-25-32(37-31-22-20-27(2)21-23-31)24-28(3)34(30)33(35)36-26-29-17-14-13-15-18-29/h13-15,17-18,20-23,28,30,32H,4-12,16,19,24-26H2,1-3H3/t28-,30+,32-/m1/s1. The van der Waals surface area contributed by atoms with E-state index in [1.807, 2.05) is 42.1 Å². The van der Waals surface area contributed by atoms with Gasteiger partial charge in [0.15, 0.2) is 0 Å². The molecule has 3 rings (SSSR count). The second-order valence-electron chi connectivity index (χ2n) is 10.9. The molecular formula is C33H49NO2S. The molecule has 0 bridgehead atoms. The summed E-state index contributed by atoms with van der Waals surface area (Å²) in [4.78, 5) is 16.7. The highest BCUT2D eigenvalue weighted by molar-refractivity contribution is 8.00. The molecule has 1 aliphatic heterocycles. The van der Waals surface area contributed by atoms with Gasteiger partial charge in [-0.1, -0.05) is 119 Å². The van der Waals surface area contributed by atoms with Crippen molar-refractivity contribution in [3.63, 3.8) is 0 Å². The van der Waals surface area contributed by atoms with Gasteiger partial charge in [-0.15, -0.1) is 11.8 Å². The smallest absolute Gasteiger partial charge is 0.410 e. The molecular weight excluding hydrogens is 474 g/mol. The summed E-state index contributed by atoms with van der Waals surface area (Å²) < 4.78 is 5.81. The van der Waals surface area contributed by atoms with E-state index in [1.54, 1.807) is 0 Å². The SMILES string of the molecule is CCCCCCCCCCCC[C@H]1C[C@H](Sc2ccc(C)cc2)C[C@@H](C)N1C(=O)OCc1ccccc1. The molecule has 0 spiro atoms. The number of nitrogens with zero attached hydrogens (tertiary/aromatic N) is 1. The van der Waals surface area contributed by atoms with Gasteiger partial charge in [0, 0.05) is 22.2 Å². The van der Waals surface area contributed by atoms with Crippen molar-refractivity contribution in [1.82, 2.24) is 4.90 Å². The molecule has 37 heavy (non-hydrogen) atoms. The molecule has 3 nitrogen and oxygen atoms in total. The van der Waals surface area contributed by atoms with Crippen molar-refractivity contribution >= 4 is 17.9 Å². The minimum atomic E-state index is -0.146. The maximum Gasteiger partial charge on any atom is 0.410 e. The molecule has 0 radical (unpaired) electrons. The molecule has 1 aliphatic rings. The van der Waals surface area contributed by atoms with E-state index in [9.17, 15) is 4.79 Å². The van der Waals surface area contributed by atoms with Crippen LogP contribution in [0.2, 0.25) is 0 Å². The Labute approximate surface area is 230 Å². The topological polar surface area (TPSA) is 29.5 Å². The van der Waals surface area contributed by atoms with Gasteiger partial charge in [-0.05, 0) is 50.8 Å². The highest BCUT2D eigenvalue weighted by atomic mass is 32.2. The van der Waals surface area contributed by atoms with Crippen LogP contribution in [0.15, 0.2) is 59.5 Å². The van der Waals surface area contributed by atoms with E-state index in [4.69, 9.17) is 4.74 Å². The van der Waals surface area contributed by atoms with Crippen LogP contribution in [-0.4, -0.2) is 28.3 Å². The number of ether oxygens (including phenoxy) is 1. The molecule has 3 atom stereocenters. The summed E-state index contributed by atoms with van der Waals surface area (Å²) in [5.74, 6) is 0. The zero-order valence-corrected chi connectivity index (χ0v) is 24.3. The number of rotatable bonds is 15. The van der Waals surface area contributed by atoms with Crippen LogP contribution in [0.1, 0.15) is 108 Å². The summed E-state index contributed by atoms with van der Waals surface area (Å²) in [7, 11) is 0. The minimum absolute atomic E-state index is 0.146. The number of carbonyl (C=O) groups is 1. The van der Waals surface area contributed by atoms with Crippen LogP contribution in [0.4, 0.5) is 4.79 Å². The third-order valence-electron chi connectivity index (χ3n) is 7.64. The molecule has 0 unspecified atom stereocenters. The second kappa shape index (κ2) is 16.8. The lowest BCUT2D eigenvalue weighted by molar-refractivity contribution is 0.0447. The molecule has 1 saturated heterocycles. The van der Waals surface area contributed by atoms with E-state index in [0.717, 1.165) is 24.8 Å². The summed E-state index contributed by atoms with van der Waals surface area (Å²) in [6.07, 6.45) is 16.4. The van der Waals surface area contributed by atoms with E-state index >= 15 is 0 Å². The number of likely N-dealkylation sites (tertiary alicyclic amines) is 1. The van der Waals surface area contributed by atoms with Crippen LogP contribution >= 0.6 is 11.8 Å². The molecule has 204 valence electrons. The van der Waals surface area contributed by atoms with E-state index in [2.05, 4.69) is 49.9 Å². The van der Waals surface area contributed by atoms with Gasteiger partial charge < -0.3 is 9.64 Å². The van der Waals surface area contributed by atoms with Crippen LogP contribution < -0.4 is 0 Å². The van der Waals surface area contributed by atoms with Crippen molar-refractivity contribution in [2.24, 2.45) is 0 Å². The van der Waals surface area contributed by atoms with Gasteiger partial charge in [-0.2, -0.15) is 0 Å². The van der Waals surface area contributed by atoms with Gasteiger partial charge in [-0.3, -0.25) is 0 Å². The Bertz CT molecular complexity index is 885. The highest BCUT2D eigenvalue weighted by Gasteiger charge is 2.37. The average molecular weight is 524 g/mol. The number of benzene rings is 2. The summed E-state index contributed by atoms with van der Waals surface area (Å²) in [5, 5.41) is 0.531. The lowest BCUT2D eigenvalue weighted by Crippen LogP contribution is -2.52. The van der Waals surface area contributed by atoms with Crippen LogP contribution in [0.5, 0.6) is 0 Å². The Balaban J connectivity index is 1.51. The Hall–Kier alpha value is -1.94. The van der Waals surface area contributed by atoms with Crippen molar-refractivity contribution in [2.75, 3.05) is 0 Å². The Morgan fingerprint density at radius 2 is 1.49 bits per heavy atom. The third kappa shape index (κ3) is 10.8. The van der Waals surface area contributed by atoms with Gasteiger partial charge in [-0.25, -0.2) is 4.79 Å². The van der Waals surface area contributed by atoms with Crippen LogP contribution in [0.25, 0.3) is 0 Å². The Morgan fingerprint density at radius 3 is 2.14 bits per heavy atom. The quantitative estimate of drug-likeness (QED) is 0.218. The number of hydrogen-bond donors (Lipinski definition) is 0. The van der Waals surface area contributed by atoms with Crippen molar-refractivity contribution < 1.29 is 9.53 Å². The zero-order valence-electron chi connectivity index (χ0n) is 23.5. The van der Waals surface area contributed by atoms with E-state index in [0.29, 0.717) is 11.9 Å². The molecule has 0 saturated carbocycles. The molecule has 1 heterocycles. The summed E-state index contributed by atoms with van der Waals surface area (Å²) in [5.41, 5.74) is 2.34. The Kier molecular flexibility index (Phi) is 13.5. The molecule has 4 heteroatoms. The maximum atomic E-state index is 13.3. The minimum Gasteiger partial charge on any atom is -0.445 e. The number of amides is 1. The molecule has 2 aromatic carbocycles. The van der Waals surface area contributed by atoms with Gasteiger partial charge in [0.2, 0.25) is 0 Å². The fraction of sp³-hybridized carbons (Fsp3) is 0.606. The predicted molar refractivity (Wildman–Crippen MR) is 158 cm³/mol. The molecule has 0 aliphatic carbocycles. The first kappa shape index (κ1) is 29.6. The first-order valence-electron chi connectivity index (χ1n) is 14.8. The average Bonchev–Trinajstić information content (AvgIpc) is 2.90. The molecule has 1 amide bonds. The van der Waals surface area contributed by atoms with Crippen molar-refractivity contribution in [2.45, 2.75) is 133 Å². The van der Waals surface area contributed by atoms with Crippen molar-refractivity contribution in [3.05, 3.63) is 65.7 Å². The summed E-state index contributed by atoms with van der Waals surface area (Å²) >= 11 is 1.98. The number of aryl methyl sites for hydroxylation is 1. The lowest BCUT2D eigenvalue weighted by atomic mass is 9.92. The van der Waals surface area contributed by atoms with Gasteiger partial charge in [0.1, 0.15) is 6.61 Å². The van der Waals surface area contributed by atoms with E-state index < -0.39 is 0 Å². The first-order valence-corrected chi connectivity index (χ1v) is 15.7. The fourth-order valence-electron chi connectivity index (χ4n) is 5.52. The number of carbonyl (C=O) groups excluding carboxylic acids is 1. The largest absolute Gasteiger partial charge is 0.445 e. The normalized spacial score (nSPS) is 19.6. The number of thioether (sulfide) groups is 1. The number of hydrogen-bond acceptors (Lipinski definition) is 3. The Morgan fingerprint density at radius 1 is 0.865 bits per heavy atom. The molecule has 1 fully saturated rings. The molecule has 2 aromatic rings. The third-order valence-corrected chi connectivity index (χ3v) is 8.90. The predicted octanol–water partition coefficient (Wildman–Crippen LogP) is 9.96. The summed E-state index contributed by atoms with van der Waals surface area (Å²) in [6, 6.07) is 19.3. The van der Waals surface area contributed by atoms with Crippen molar-refractivity contribution in [1.29, 1.82) is 0 Å². The first-order chi connectivity index (χ1) is 18.1. The van der Waals surface area contributed by atoms with Gasteiger partial charge in [0.25, 0.3) is 0 Å². The lowest BCUT2D eigenvalue weighted by Gasteiger charge is -2.43. The van der Waals surface area contributed by atoms with Gasteiger partial charge >= 0.3 is 6.09 Å². The number of piperidine rings is 1. The van der Waals surface area contributed by atoms with Crippen LogP contribution in [0.3, 0.4) is 0 Å². The highest BCUT2D eigenvalue weighted by Crippen LogP contribution is 2.37.